The van der Waals surface area contributed by atoms with Gasteiger partial charge in [0.2, 0.25) is 0 Å². The highest BCUT2D eigenvalue weighted by atomic mass is 16.5. The number of rotatable bonds is 7. The molecule has 0 fully saturated rings. The van der Waals surface area contributed by atoms with Gasteiger partial charge in [-0.3, -0.25) is 9.59 Å². The molecule has 0 spiro atoms. The highest BCUT2D eigenvalue weighted by Gasteiger charge is 2.09. The van der Waals surface area contributed by atoms with E-state index < -0.39 is 0 Å². The summed E-state index contributed by atoms with van der Waals surface area (Å²) in [7, 11) is 1.32. The van der Waals surface area contributed by atoms with Crippen molar-refractivity contribution in [1.29, 1.82) is 0 Å². The Morgan fingerprint density at radius 1 is 1.25 bits per heavy atom. The van der Waals surface area contributed by atoms with Crippen LogP contribution in [0.25, 0.3) is 0 Å². The lowest BCUT2D eigenvalue weighted by Crippen LogP contribution is -2.31. The number of hydrogen-bond donors (Lipinski definition) is 1. The van der Waals surface area contributed by atoms with Crippen molar-refractivity contribution in [3.05, 3.63) is 29.8 Å². The fourth-order valence-corrected chi connectivity index (χ4v) is 1.69. The van der Waals surface area contributed by atoms with E-state index in [4.69, 9.17) is 4.74 Å². The van der Waals surface area contributed by atoms with Gasteiger partial charge in [0.15, 0.2) is 6.61 Å². The molecule has 0 aliphatic heterocycles. The second-order valence-corrected chi connectivity index (χ2v) is 4.66. The molecule has 0 aromatic heterocycles. The Balaban J connectivity index is 2.39. The SMILES string of the molecule is COC(=O)CCNC(=O)COc1ccccc1C(C)C. The molecule has 0 radical (unpaired) electrons. The van der Waals surface area contributed by atoms with E-state index >= 15 is 0 Å². The number of methoxy groups -OCH3 is 1. The minimum absolute atomic E-state index is 0.0646. The van der Waals surface area contributed by atoms with Crippen molar-refractivity contribution in [1.82, 2.24) is 5.32 Å². The van der Waals surface area contributed by atoms with Crippen molar-refractivity contribution < 1.29 is 19.1 Å². The van der Waals surface area contributed by atoms with Gasteiger partial charge >= 0.3 is 5.97 Å². The van der Waals surface area contributed by atoms with Crippen LogP contribution in [-0.2, 0) is 14.3 Å². The summed E-state index contributed by atoms with van der Waals surface area (Å²) in [6, 6.07) is 7.64. The molecule has 20 heavy (non-hydrogen) atoms. The second-order valence-electron chi connectivity index (χ2n) is 4.66. The van der Waals surface area contributed by atoms with Gasteiger partial charge in [0.1, 0.15) is 5.75 Å². The molecule has 1 aromatic carbocycles. The zero-order valence-corrected chi connectivity index (χ0v) is 12.1. The number of carbonyl (C=O) groups is 2. The molecule has 5 nitrogen and oxygen atoms in total. The van der Waals surface area contributed by atoms with Gasteiger partial charge in [-0.05, 0) is 17.5 Å². The highest BCUT2D eigenvalue weighted by molar-refractivity contribution is 5.78. The third-order valence-corrected chi connectivity index (χ3v) is 2.78. The Kier molecular flexibility index (Phi) is 6.56. The molecule has 1 amide bonds. The Morgan fingerprint density at radius 2 is 1.95 bits per heavy atom. The number of esters is 1. The van der Waals surface area contributed by atoms with E-state index in [9.17, 15) is 9.59 Å². The molecule has 110 valence electrons. The molecule has 1 rings (SSSR count). The fourth-order valence-electron chi connectivity index (χ4n) is 1.69. The van der Waals surface area contributed by atoms with Crippen LogP contribution in [0, 0.1) is 0 Å². The van der Waals surface area contributed by atoms with Crippen LogP contribution in [0.3, 0.4) is 0 Å². The van der Waals surface area contributed by atoms with E-state index in [2.05, 4.69) is 23.9 Å². The predicted molar refractivity (Wildman–Crippen MR) is 75.7 cm³/mol. The topological polar surface area (TPSA) is 64.6 Å². The largest absolute Gasteiger partial charge is 0.483 e. The number of benzene rings is 1. The van der Waals surface area contributed by atoms with Crippen molar-refractivity contribution >= 4 is 11.9 Å². The summed E-state index contributed by atoms with van der Waals surface area (Å²) in [5.41, 5.74) is 1.06. The first-order valence-electron chi connectivity index (χ1n) is 6.59. The molecule has 0 heterocycles. The molecule has 0 bridgehead atoms. The summed E-state index contributed by atoms with van der Waals surface area (Å²) >= 11 is 0. The van der Waals surface area contributed by atoms with E-state index in [0.717, 1.165) is 5.56 Å². The molecule has 0 saturated heterocycles. The Hall–Kier alpha value is -2.04. The van der Waals surface area contributed by atoms with Gasteiger partial charge in [0.05, 0.1) is 13.5 Å². The van der Waals surface area contributed by atoms with Crippen molar-refractivity contribution in [2.24, 2.45) is 0 Å². The summed E-state index contributed by atoms with van der Waals surface area (Å²) in [6.07, 6.45) is 0.158. The highest BCUT2D eigenvalue weighted by Crippen LogP contribution is 2.25. The summed E-state index contributed by atoms with van der Waals surface area (Å²) in [6.45, 7) is 4.32. The monoisotopic (exact) mass is 279 g/mol. The van der Waals surface area contributed by atoms with Crippen LogP contribution in [0.4, 0.5) is 0 Å². The van der Waals surface area contributed by atoms with E-state index in [1.807, 2.05) is 24.3 Å². The third-order valence-electron chi connectivity index (χ3n) is 2.78. The molecular formula is C15H21NO4. The lowest BCUT2D eigenvalue weighted by Gasteiger charge is -2.13. The van der Waals surface area contributed by atoms with Crippen molar-refractivity contribution in [3.8, 4) is 5.75 Å². The van der Waals surface area contributed by atoms with Gasteiger partial charge < -0.3 is 14.8 Å². The van der Waals surface area contributed by atoms with Crippen LogP contribution >= 0.6 is 0 Å². The standard InChI is InChI=1S/C15H21NO4/c1-11(2)12-6-4-5-7-13(12)20-10-14(17)16-9-8-15(18)19-3/h4-7,11H,8-10H2,1-3H3,(H,16,17). The van der Waals surface area contributed by atoms with Crippen molar-refractivity contribution in [2.75, 3.05) is 20.3 Å². The zero-order valence-electron chi connectivity index (χ0n) is 12.1. The van der Waals surface area contributed by atoms with Crippen LogP contribution in [0.1, 0.15) is 31.7 Å². The van der Waals surface area contributed by atoms with Crippen LogP contribution in [0.5, 0.6) is 5.75 Å². The normalized spacial score (nSPS) is 10.2. The molecular weight excluding hydrogens is 258 g/mol. The minimum atomic E-state index is -0.351. The first-order valence-corrected chi connectivity index (χ1v) is 6.59. The molecule has 0 unspecified atom stereocenters. The van der Waals surface area contributed by atoms with E-state index in [1.54, 1.807) is 0 Å². The Labute approximate surface area is 119 Å². The summed E-state index contributed by atoms with van der Waals surface area (Å²) < 4.78 is 10.00. The Morgan fingerprint density at radius 3 is 2.60 bits per heavy atom. The Bertz CT molecular complexity index is 457. The first kappa shape index (κ1) is 16.0. The van der Waals surface area contributed by atoms with Crippen molar-refractivity contribution in [2.45, 2.75) is 26.2 Å². The van der Waals surface area contributed by atoms with Crippen LogP contribution in [0.2, 0.25) is 0 Å². The molecule has 0 atom stereocenters. The minimum Gasteiger partial charge on any atom is -0.483 e. The predicted octanol–water partition coefficient (Wildman–Crippen LogP) is 1.87. The molecule has 1 aromatic rings. The summed E-state index contributed by atoms with van der Waals surface area (Å²) in [5.74, 6) is 0.433. The molecule has 0 saturated carbocycles. The second kappa shape index (κ2) is 8.19. The van der Waals surface area contributed by atoms with Gasteiger partial charge in [-0.1, -0.05) is 32.0 Å². The number of nitrogens with one attached hydrogen (secondary N) is 1. The van der Waals surface area contributed by atoms with Gasteiger partial charge in [-0.15, -0.1) is 0 Å². The number of ether oxygens (including phenoxy) is 2. The fraction of sp³-hybridized carbons (Fsp3) is 0.467. The van der Waals surface area contributed by atoms with Crippen LogP contribution in [-0.4, -0.2) is 32.1 Å². The lowest BCUT2D eigenvalue weighted by molar-refractivity contribution is -0.140. The molecule has 5 heteroatoms. The third kappa shape index (κ3) is 5.30. The van der Waals surface area contributed by atoms with E-state index in [1.165, 1.54) is 7.11 Å². The van der Waals surface area contributed by atoms with E-state index in [-0.39, 0.29) is 31.4 Å². The van der Waals surface area contributed by atoms with Gasteiger partial charge in [0.25, 0.3) is 5.91 Å². The molecule has 1 N–H and O–H groups in total. The lowest BCUT2D eigenvalue weighted by atomic mass is 10.0. The van der Waals surface area contributed by atoms with Crippen LogP contribution in [0.15, 0.2) is 24.3 Å². The van der Waals surface area contributed by atoms with Crippen LogP contribution < -0.4 is 10.1 Å². The zero-order chi connectivity index (χ0) is 15.0. The number of carbonyl (C=O) groups excluding carboxylic acids is 2. The molecule has 0 aliphatic carbocycles. The number of hydrogen-bond acceptors (Lipinski definition) is 4. The number of para-hydroxylation sites is 1. The van der Waals surface area contributed by atoms with Gasteiger partial charge in [-0.25, -0.2) is 0 Å². The maximum Gasteiger partial charge on any atom is 0.307 e. The average molecular weight is 279 g/mol. The number of amides is 1. The summed E-state index contributed by atoms with van der Waals surface area (Å²) in [5, 5.41) is 2.60. The van der Waals surface area contributed by atoms with Crippen molar-refractivity contribution in [3.63, 3.8) is 0 Å². The molecule has 0 aliphatic rings. The summed E-state index contributed by atoms with van der Waals surface area (Å²) in [4.78, 5) is 22.5. The smallest absolute Gasteiger partial charge is 0.307 e. The average Bonchev–Trinajstić information content (AvgIpc) is 2.45. The van der Waals surface area contributed by atoms with Gasteiger partial charge in [-0.2, -0.15) is 0 Å². The maximum atomic E-state index is 11.6. The maximum absolute atomic E-state index is 11.6. The first-order chi connectivity index (χ1) is 9.54. The van der Waals surface area contributed by atoms with Gasteiger partial charge in [0, 0.05) is 6.54 Å². The quantitative estimate of drug-likeness (QED) is 0.774. The van der Waals surface area contributed by atoms with E-state index in [0.29, 0.717) is 11.7 Å².